The van der Waals surface area contributed by atoms with Crippen molar-refractivity contribution >= 4 is 15.6 Å². The van der Waals surface area contributed by atoms with Gasteiger partial charge in [0.05, 0.1) is 45.2 Å². The van der Waals surface area contributed by atoms with E-state index in [-0.39, 0.29) is 34.1 Å². The Bertz CT molecular complexity index is 2970. The maximum Gasteiger partial charge on any atom is 0.394 e. The summed E-state index contributed by atoms with van der Waals surface area (Å²) in [5.41, 5.74) is 0.854. The Labute approximate surface area is 360 Å². The Balaban J connectivity index is 0.000000404. The van der Waals surface area contributed by atoms with Gasteiger partial charge in [-0.1, -0.05) is 72.8 Å². The second-order valence-electron chi connectivity index (χ2n) is 14.1. The van der Waals surface area contributed by atoms with Gasteiger partial charge in [0, 0.05) is 6.07 Å². The fraction of sp³-hybridized carbons (Fsp3) is 0. The van der Waals surface area contributed by atoms with Crippen LogP contribution in [-0.4, -0.2) is 0 Å². The predicted molar refractivity (Wildman–Crippen MR) is 221 cm³/mol. The zero-order chi connectivity index (χ0) is 48.2. The standard InChI is InChI=1S/C44H24O8.2F6P/c45-41-37(27-16-5-1-9-20-31(27)49-41)35(38-28-17-6-2-10-21-32(28)50-42(38)46)25-14-13-15-26(24-25)36(39-29-18-7-3-11-22-33(29)51-43(39)47)40-30-19-8-4-12-23-34(30)52-44(40)48;2*1-7(2,3,4,5)6/h1-24H;;/q+2;2*-1. The topological polar surface area (TPSA) is 121 Å². The van der Waals surface area contributed by atoms with Crippen LogP contribution in [0.4, 0.5) is 50.4 Å². The van der Waals surface area contributed by atoms with Crippen molar-refractivity contribution in [3.05, 3.63) is 232 Å². The molecule has 0 unspecified atom stereocenters. The SMILES string of the molecule is F[P-](F)(F)(F)(F)F.F[P-](F)(F)(F)(F)F.O=c1oc2cccccc-2c1[C+](c1cccc([C+](c2c3cccccc-3oc2=O)c2c3cccccc-3oc2=O)c1)c1c2cccccc-2oc1=O. The minimum Gasteiger partial charge on any atom is -0.390 e. The van der Waals surface area contributed by atoms with Crippen molar-refractivity contribution in [2.45, 2.75) is 0 Å². The number of hydrogen-bond donors (Lipinski definition) is 0. The molecule has 342 valence electrons. The molecule has 0 saturated carbocycles. The predicted octanol–water partition coefficient (Wildman–Crippen LogP) is 14.7. The van der Waals surface area contributed by atoms with Gasteiger partial charge in [0.25, 0.3) is 0 Å². The number of halogens is 12. The van der Waals surface area contributed by atoms with Crippen molar-refractivity contribution in [1.82, 2.24) is 0 Å². The monoisotopic (exact) mass is 970 g/mol. The molecule has 4 aliphatic carbocycles. The first-order valence-electron chi connectivity index (χ1n) is 18.4. The van der Waals surface area contributed by atoms with Gasteiger partial charge >= 0.3 is 88.5 Å². The zero-order valence-corrected chi connectivity index (χ0v) is 34.3. The van der Waals surface area contributed by atoms with Gasteiger partial charge in [0.1, 0.15) is 0 Å². The molecule has 8 aliphatic rings. The van der Waals surface area contributed by atoms with Crippen molar-refractivity contribution in [3.8, 4) is 45.3 Å². The van der Waals surface area contributed by atoms with Gasteiger partial charge in [-0.25, -0.2) is 19.2 Å². The number of furan rings is 4. The molecule has 66 heavy (non-hydrogen) atoms. The van der Waals surface area contributed by atoms with Crippen LogP contribution >= 0.6 is 15.6 Å². The van der Waals surface area contributed by atoms with E-state index in [0.29, 0.717) is 56.4 Å². The van der Waals surface area contributed by atoms with Gasteiger partial charge in [-0.15, -0.1) is 0 Å². The summed E-state index contributed by atoms with van der Waals surface area (Å²) >= 11 is 0. The van der Waals surface area contributed by atoms with E-state index in [0.717, 1.165) is 0 Å². The molecule has 4 heterocycles. The van der Waals surface area contributed by atoms with Gasteiger partial charge in [-0.2, -0.15) is 0 Å². The molecule has 0 amide bonds. The van der Waals surface area contributed by atoms with Crippen LogP contribution in [0.3, 0.4) is 0 Å². The van der Waals surface area contributed by atoms with E-state index in [1.54, 1.807) is 121 Å². The van der Waals surface area contributed by atoms with E-state index in [4.69, 9.17) is 17.7 Å². The van der Waals surface area contributed by atoms with Gasteiger partial charge in [-0.05, 0) is 66.7 Å². The Hall–Kier alpha value is -7.30. The zero-order valence-electron chi connectivity index (χ0n) is 32.6. The molecule has 0 aromatic heterocycles. The molecular weight excluding hydrogens is 946 g/mol. The molecule has 1 aromatic carbocycles. The molecule has 4 aliphatic heterocycles. The first-order chi connectivity index (χ1) is 30.4. The number of rotatable bonds is 6. The molecule has 9 rings (SSSR count). The van der Waals surface area contributed by atoms with Gasteiger partial charge in [0.15, 0.2) is 45.3 Å². The second kappa shape index (κ2) is 15.1. The third kappa shape index (κ3) is 11.7. The maximum atomic E-state index is 13.9. The van der Waals surface area contributed by atoms with Crippen molar-refractivity contribution in [2.75, 3.05) is 0 Å². The summed E-state index contributed by atoms with van der Waals surface area (Å²) in [6, 6.07) is 42.2. The average Bonchev–Trinajstić information content (AvgIpc) is 3.53. The van der Waals surface area contributed by atoms with Crippen molar-refractivity contribution < 1.29 is 68.0 Å². The van der Waals surface area contributed by atoms with E-state index in [2.05, 4.69) is 0 Å². The molecule has 0 fully saturated rings. The molecule has 8 nitrogen and oxygen atoms in total. The van der Waals surface area contributed by atoms with Crippen LogP contribution in [0.2, 0.25) is 0 Å². The molecule has 0 spiro atoms. The van der Waals surface area contributed by atoms with Gasteiger partial charge in [-0.3, -0.25) is 0 Å². The Kier molecular flexibility index (Phi) is 10.7. The second-order valence-corrected chi connectivity index (χ2v) is 17.9. The van der Waals surface area contributed by atoms with Crippen LogP contribution in [0.1, 0.15) is 33.4 Å². The normalized spacial score (nSPS) is 13.9. The molecule has 0 saturated heterocycles. The van der Waals surface area contributed by atoms with Gasteiger partial charge in [0.2, 0.25) is 0 Å². The number of fused-ring (bicyclic) bond motifs is 4. The third-order valence-corrected chi connectivity index (χ3v) is 9.14. The number of hydrogen-bond acceptors (Lipinski definition) is 8. The molecule has 0 N–H and O–H groups in total. The van der Waals surface area contributed by atoms with E-state index in [1.165, 1.54) is 0 Å². The van der Waals surface area contributed by atoms with Crippen molar-refractivity contribution in [2.24, 2.45) is 0 Å². The van der Waals surface area contributed by atoms with Crippen LogP contribution in [0.5, 0.6) is 0 Å². The molecule has 0 radical (unpaired) electrons. The summed E-state index contributed by atoms with van der Waals surface area (Å²) < 4.78 is 141. The minimum absolute atomic E-state index is 0.159. The van der Waals surface area contributed by atoms with Gasteiger partial charge < -0.3 is 17.7 Å². The fourth-order valence-electron chi connectivity index (χ4n) is 6.95. The largest absolute Gasteiger partial charge is 0.394 e. The minimum atomic E-state index is -10.7. The number of benzene rings is 1. The quantitative estimate of drug-likeness (QED) is 0.0917. The van der Waals surface area contributed by atoms with Crippen LogP contribution in [0.15, 0.2) is 182 Å². The summed E-state index contributed by atoms with van der Waals surface area (Å²) in [6.45, 7) is 0. The maximum absolute atomic E-state index is 13.9. The van der Waals surface area contributed by atoms with E-state index < -0.39 is 38.1 Å². The fourth-order valence-corrected chi connectivity index (χ4v) is 6.95. The Morgan fingerprint density at radius 2 is 0.515 bits per heavy atom. The van der Waals surface area contributed by atoms with E-state index >= 15 is 0 Å². The molecule has 0 atom stereocenters. The average molecular weight is 971 g/mol. The molecule has 0 bridgehead atoms. The van der Waals surface area contributed by atoms with Crippen LogP contribution in [0.25, 0.3) is 45.3 Å². The summed E-state index contributed by atoms with van der Waals surface area (Å²) in [4.78, 5) is 55.4. The third-order valence-electron chi connectivity index (χ3n) is 9.14. The first kappa shape index (κ1) is 46.7. The summed E-state index contributed by atoms with van der Waals surface area (Å²) in [5.74, 6) is 1.86. The summed E-state index contributed by atoms with van der Waals surface area (Å²) in [7, 11) is -21.3. The first-order valence-corrected chi connectivity index (χ1v) is 22.5. The summed E-state index contributed by atoms with van der Waals surface area (Å²) in [6.07, 6.45) is 0. The van der Waals surface area contributed by atoms with Crippen LogP contribution < -0.4 is 22.5 Å². The Morgan fingerprint density at radius 1 is 0.303 bits per heavy atom. The van der Waals surface area contributed by atoms with Crippen LogP contribution in [-0.2, 0) is 0 Å². The molecule has 1 aromatic rings. The van der Waals surface area contributed by atoms with Crippen molar-refractivity contribution in [3.63, 3.8) is 0 Å². The molecular formula is C44H24F12O8P2. The van der Waals surface area contributed by atoms with E-state index in [1.807, 2.05) is 24.3 Å². The van der Waals surface area contributed by atoms with Crippen LogP contribution in [0, 0.1) is 11.8 Å². The smallest absolute Gasteiger partial charge is 0.390 e. The summed E-state index contributed by atoms with van der Waals surface area (Å²) in [5, 5.41) is 0. The van der Waals surface area contributed by atoms with Crippen molar-refractivity contribution in [1.29, 1.82) is 0 Å². The molecule has 22 heteroatoms. The van der Waals surface area contributed by atoms with E-state index in [9.17, 15) is 69.5 Å². The Morgan fingerprint density at radius 3 is 0.742 bits per heavy atom.